The summed E-state index contributed by atoms with van der Waals surface area (Å²) >= 11 is 1.18. The Morgan fingerprint density at radius 1 is 1.48 bits per heavy atom. The van der Waals surface area contributed by atoms with Crippen LogP contribution in [0.3, 0.4) is 0 Å². The zero-order valence-electron chi connectivity index (χ0n) is 12.8. The standard InChI is InChI=1S/C14H17N5O3S/c1-3-5-11-15-14(18-17-11)23-8-12(20)16-13-9(2)6-4-7-10(13)19(21)22/h4,6-7H,3,5,8H2,1-2H3,(H,16,20)(H,15,17,18). The minimum absolute atomic E-state index is 0.0783. The minimum atomic E-state index is -0.512. The van der Waals surface area contributed by atoms with Crippen LogP contribution in [0.15, 0.2) is 23.4 Å². The summed E-state index contributed by atoms with van der Waals surface area (Å²) in [7, 11) is 0. The first-order chi connectivity index (χ1) is 11.0. The first-order valence-corrected chi connectivity index (χ1v) is 8.07. The van der Waals surface area contributed by atoms with Crippen molar-refractivity contribution in [3.8, 4) is 0 Å². The van der Waals surface area contributed by atoms with Crippen LogP contribution in [0.1, 0.15) is 24.7 Å². The van der Waals surface area contributed by atoms with Gasteiger partial charge in [0.15, 0.2) is 0 Å². The number of benzene rings is 1. The molecule has 8 nitrogen and oxygen atoms in total. The molecule has 0 saturated carbocycles. The van der Waals surface area contributed by atoms with Gasteiger partial charge in [-0.15, -0.1) is 5.10 Å². The second-order valence-electron chi connectivity index (χ2n) is 4.88. The molecule has 0 aliphatic heterocycles. The Morgan fingerprint density at radius 3 is 2.96 bits per heavy atom. The van der Waals surface area contributed by atoms with Crippen molar-refractivity contribution in [1.82, 2.24) is 15.2 Å². The molecular formula is C14H17N5O3S. The van der Waals surface area contributed by atoms with E-state index in [1.165, 1.54) is 17.8 Å². The molecule has 2 rings (SSSR count). The van der Waals surface area contributed by atoms with Crippen molar-refractivity contribution in [3.05, 3.63) is 39.7 Å². The van der Waals surface area contributed by atoms with Crippen LogP contribution in [0, 0.1) is 17.0 Å². The molecule has 0 aliphatic carbocycles. The van der Waals surface area contributed by atoms with Gasteiger partial charge in [-0.25, -0.2) is 4.98 Å². The highest BCUT2D eigenvalue weighted by molar-refractivity contribution is 7.99. The van der Waals surface area contributed by atoms with Gasteiger partial charge in [-0.1, -0.05) is 30.8 Å². The van der Waals surface area contributed by atoms with Crippen molar-refractivity contribution in [2.24, 2.45) is 0 Å². The van der Waals surface area contributed by atoms with Crippen LogP contribution in [-0.2, 0) is 11.2 Å². The minimum Gasteiger partial charge on any atom is -0.319 e. The van der Waals surface area contributed by atoms with Gasteiger partial charge in [0.1, 0.15) is 11.5 Å². The molecule has 2 aromatic rings. The Morgan fingerprint density at radius 2 is 2.26 bits per heavy atom. The molecule has 0 saturated heterocycles. The smallest absolute Gasteiger partial charge is 0.293 e. The summed E-state index contributed by atoms with van der Waals surface area (Å²) in [5.41, 5.74) is 0.747. The van der Waals surface area contributed by atoms with Gasteiger partial charge in [0.25, 0.3) is 5.69 Å². The summed E-state index contributed by atoms with van der Waals surface area (Å²) in [6.45, 7) is 3.75. The largest absolute Gasteiger partial charge is 0.319 e. The number of nitrogens with zero attached hydrogens (tertiary/aromatic N) is 3. The molecule has 1 aromatic carbocycles. The summed E-state index contributed by atoms with van der Waals surface area (Å²) in [5.74, 6) is 0.522. The van der Waals surface area contributed by atoms with E-state index >= 15 is 0 Å². The van der Waals surface area contributed by atoms with Gasteiger partial charge in [0.2, 0.25) is 11.1 Å². The number of thioether (sulfide) groups is 1. The Kier molecular flexibility index (Phi) is 5.69. The number of para-hydroxylation sites is 1. The van der Waals surface area contributed by atoms with Gasteiger partial charge in [-0.2, -0.15) is 0 Å². The van der Waals surface area contributed by atoms with Crippen molar-refractivity contribution < 1.29 is 9.72 Å². The van der Waals surface area contributed by atoms with Crippen molar-refractivity contribution in [1.29, 1.82) is 0 Å². The molecule has 0 aliphatic rings. The molecule has 0 bridgehead atoms. The summed E-state index contributed by atoms with van der Waals surface area (Å²) in [4.78, 5) is 26.8. The zero-order valence-corrected chi connectivity index (χ0v) is 13.6. The zero-order chi connectivity index (χ0) is 16.8. The summed E-state index contributed by atoms with van der Waals surface area (Å²) in [6, 6.07) is 4.66. The van der Waals surface area contributed by atoms with Crippen molar-refractivity contribution in [2.75, 3.05) is 11.1 Å². The highest BCUT2D eigenvalue weighted by Gasteiger charge is 2.18. The average Bonchev–Trinajstić information content (AvgIpc) is 2.95. The van der Waals surface area contributed by atoms with Crippen molar-refractivity contribution in [3.63, 3.8) is 0 Å². The maximum absolute atomic E-state index is 12.0. The maximum Gasteiger partial charge on any atom is 0.293 e. The third-order valence-electron chi connectivity index (χ3n) is 3.04. The molecule has 0 radical (unpaired) electrons. The lowest BCUT2D eigenvalue weighted by Crippen LogP contribution is -2.16. The van der Waals surface area contributed by atoms with E-state index in [2.05, 4.69) is 20.5 Å². The van der Waals surface area contributed by atoms with Crippen LogP contribution in [0.2, 0.25) is 0 Å². The van der Waals surface area contributed by atoms with Crippen LogP contribution in [0.25, 0.3) is 0 Å². The van der Waals surface area contributed by atoms with E-state index < -0.39 is 4.92 Å². The number of hydrogen-bond donors (Lipinski definition) is 2. The number of anilines is 1. The Labute approximate surface area is 137 Å². The molecule has 1 aromatic heterocycles. The molecule has 1 amide bonds. The number of rotatable bonds is 7. The van der Waals surface area contributed by atoms with Gasteiger partial charge in [-0.3, -0.25) is 20.0 Å². The van der Waals surface area contributed by atoms with Gasteiger partial charge in [0.05, 0.1) is 10.7 Å². The number of aromatic nitrogens is 3. The monoisotopic (exact) mass is 335 g/mol. The number of nitrogens with one attached hydrogen (secondary N) is 2. The molecule has 0 fully saturated rings. The normalized spacial score (nSPS) is 10.5. The summed E-state index contributed by atoms with van der Waals surface area (Å²) in [6.07, 6.45) is 1.76. The number of carbonyl (C=O) groups excluding carboxylic acids is 1. The average molecular weight is 335 g/mol. The first-order valence-electron chi connectivity index (χ1n) is 7.09. The number of nitro benzene ring substituents is 1. The lowest BCUT2D eigenvalue weighted by atomic mass is 10.1. The van der Waals surface area contributed by atoms with Crippen molar-refractivity contribution >= 4 is 29.0 Å². The fourth-order valence-electron chi connectivity index (χ4n) is 1.96. The van der Waals surface area contributed by atoms with Crippen LogP contribution in [0.5, 0.6) is 0 Å². The molecule has 1 heterocycles. The number of H-pyrrole nitrogens is 1. The lowest BCUT2D eigenvalue weighted by molar-refractivity contribution is -0.384. The Hall–Kier alpha value is -2.42. The van der Waals surface area contributed by atoms with Crippen LogP contribution in [0.4, 0.5) is 11.4 Å². The molecule has 0 unspecified atom stereocenters. The Balaban J connectivity index is 1.98. The van der Waals surface area contributed by atoms with Crippen LogP contribution >= 0.6 is 11.8 Å². The molecule has 23 heavy (non-hydrogen) atoms. The Bertz CT molecular complexity index is 716. The number of hydrogen-bond acceptors (Lipinski definition) is 6. The number of aryl methyl sites for hydroxylation is 2. The number of amides is 1. The van der Waals surface area contributed by atoms with Gasteiger partial charge in [0, 0.05) is 12.5 Å². The second kappa shape index (κ2) is 7.73. The highest BCUT2D eigenvalue weighted by Crippen LogP contribution is 2.27. The van der Waals surface area contributed by atoms with Gasteiger partial charge >= 0.3 is 0 Å². The fraction of sp³-hybridized carbons (Fsp3) is 0.357. The third kappa shape index (κ3) is 4.52. The lowest BCUT2D eigenvalue weighted by Gasteiger charge is -2.08. The van der Waals surface area contributed by atoms with E-state index in [1.807, 2.05) is 6.92 Å². The van der Waals surface area contributed by atoms with Crippen LogP contribution < -0.4 is 5.32 Å². The topological polar surface area (TPSA) is 114 Å². The van der Waals surface area contributed by atoms with E-state index in [0.717, 1.165) is 18.7 Å². The third-order valence-corrected chi connectivity index (χ3v) is 3.89. The summed E-state index contributed by atoms with van der Waals surface area (Å²) < 4.78 is 0. The SMILES string of the molecule is CCCc1nc(SCC(=O)Nc2c(C)cccc2[N+](=O)[O-])n[nH]1. The molecule has 0 atom stereocenters. The molecule has 122 valence electrons. The van der Waals surface area contributed by atoms with Gasteiger partial charge in [-0.05, 0) is 18.9 Å². The first kappa shape index (κ1) is 16.9. The molecular weight excluding hydrogens is 318 g/mol. The van der Waals surface area contributed by atoms with E-state index in [-0.39, 0.29) is 23.0 Å². The van der Waals surface area contributed by atoms with E-state index in [9.17, 15) is 14.9 Å². The second-order valence-corrected chi connectivity index (χ2v) is 5.82. The highest BCUT2D eigenvalue weighted by atomic mass is 32.2. The van der Waals surface area contributed by atoms with Crippen LogP contribution in [-0.4, -0.2) is 31.8 Å². The quantitative estimate of drug-likeness (QED) is 0.457. The number of nitro groups is 1. The van der Waals surface area contributed by atoms with E-state index in [4.69, 9.17) is 0 Å². The molecule has 0 spiro atoms. The maximum atomic E-state index is 12.0. The van der Waals surface area contributed by atoms with E-state index in [1.54, 1.807) is 19.1 Å². The molecule has 9 heteroatoms. The number of aromatic amines is 1. The summed E-state index contributed by atoms with van der Waals surface area (Å²) in [5, 5.41) is 20.9. The van der Waals surface area contributed by atoms with Crippen molar-refractivity contribution in [2.45, 2.75) is 31.8 Å². The fourth-order valence-corrected chi connectivity index (χ4v) is 2.58. The number of carbonyl (C=O) groups is 1. The predicted molar refractivity (Wildman–Crippen MR) is 87.6 cm³/mol. The molecule has 2 N–H and O–H groups in total. The predicted octanol–water partition coefficient (Wildman–Crippen LogP) is 2.70. The van der Waals surface area contributed by atoms with E-state index in [0.29, 0.717) is 10.7 Å². The van der Waals surface area contributed by atoms with Gasteiger partial charge < -0.3 is 5.32 Å².